The Morgan fingerprint density at radius 1 is 1.11 bits per heavy atom. The lowest BCUT2D eigenvalue weighted by molar-refractivity contribution is -0.0343. The highest BCUT2D eigenvalue weighted by molar-refractivity contribution is 7.92. The van der Waals surface area contributed by atoms with Crippen molar-refractivity contribution in [2.45, 2.75) is 25.4 Å². The fourth-order valence-corrected chi connectivity index (χ4v) is 5.05. The molecule has 2 aromatic rings. The summed E-state index contributed by atoms with van der Waals surface area (Å²) in [4.78, 5) is 12.2. The molecular formula is C21H21NO4S. The van der Waals surface area contributed by atoms with Crippen molar-refractivity contribution >= 4 is 22.1 Å². The van der Waals surface area contributed by atoms with Crippen molar-refractivity contribution in [3.05, 3.63) is 76.2 Å². The molecule has 5 nitrogen and oxygen atoms in total. The number of carbonyl (C=O) groups excluding carboxylic acids is 1. The van der Waals surface area contributed by atoms with Crippen molar-refractivity contribution in [2.24, 2.45) is 0 Å². The molecule has 2 aromatic carbocycles. The molecule has 6 heteroatoms. The minimum Gasteiger partial charge on any atom is -0.449 e. The summed E-state index contributed by atoms with van der Waals surface area (Å²) in [6.45, 7) is 2.55. The number of rotatable bonds is 3. The highest BCUT2D eigenvalue weighted by atomic mass is 32.2. The van der Waals surface area contributed by atoms with Gasteiger partial charge in [0.25, 0.3) is 0 Å². The summed E-state index contributed by atoms with van der Waals surface area (Å²) in [5.41, 5.74) is 2.39. The minimum atomic E-state index is -3.61. The molecule has 1 unspecified atom stereocenters. The molecule has 2 heterocycles. The maximum absolute atomic E-state index is 12.9. The van der Waals surface area contributed by atoms with Crippen LogP contribution < -0.4 is 0 Å². The molecule has 0 aromatic heterocycles. The van der Waals surface area contributed by atoms with Gasteiger partial charge in [-0.3, -0.25) is 0 Å². The van der Waals surface area contributed by atoms with Crippen molar-refractivity contribution in [3.8, 4) is 0 Å². The Morgan fingerprint density at radius 3 is 2.63 bits per heavy atom. The van der Waals surface area contributed by atoms with E-state index in [1.807, 2.05) is 43.3 Å². The first-order chi connectivity index (χ1) is 12.9. The van der Waals surface area contributed by atoms with Crippen molar-refractivity contribution in [2.75, 3.05) is 13.1 Å². The van der Waals surface area contributed by atoms with E-state index in [-0.39, 0.29) is 12.5 Å². The van der Waals surface area contributed by atoms with Crippen molar-refractivity contribution in [1.29, 1.82) is 0 Å². The number of aryl methyl sites for hydroxylation is 1. The van der Waals surface area contributed by atoms with Gasteiger partial charge in [-0.1, -0.05) is 48.0 Å². The summed E-state index contributed by atoms with van der Waals surface area (Å²) in [5.74, 6) is -0.375. The second-order valence-corrected chi connectivity index (χ2v) is 8.94. The first-order valence-corrected chi connectivity index (χ1v) is 10.5. The van der Waals surface area contributed by atoms with Crippen molar-refractivity contribution < 1.29 is 17.9 Å². The minimum absolute atomic E-state index is 0.149. The number of esters is 1. The molecule has 0 saturated carbocycles. The van der Waals surface area contributed by atoms with E-state index in [2.05, 4.69) is 0 Å². The third-order valence-corrected chi connectivity index (χ3v) is 6.73. The monoisotopic (exact) mass is 383 g/mol. The van der Waals surface area contributed by atoms with Crippen LogP contribution in [0.25, 0.3) is 6.08 Å². The van der Waals surface area contributed by atoms with Gasteiger partial charge in [-0.15, -0.1) is 0 Å². The van der Waals surface area contributed by atoms with E-state index in [0.29, 0.717) is 24.9 Å². The smallest absolute Gasteiger partial charge is 0.339 e. The molecule has 0 amide bonds. The number of fused-ring (bicyclic) bond motifs is 2. The SMILES string of the molecule is Cc1ccc(/C=C/S(=O)(=O)N2CCCC3(C2)OC(=O)c2ccccc23)cc1. The van der Waals surface area contributed by atoms with E-state index >= 15 is 0 Å². The lowest BCUT2D eigenvalue weighted by Gasteiger charge is -2.38. The van der Waals surface area contributed by atoms with Crippen LogP contribution in [-0.2, 0) is 20.4 Å². The molecule has 2 aliphatic rings. The molecule has 0 N–H and O–H groups in total. The molecule has 0 aliphatic carbocycles. The molecule has 1 fully saturated rings. The molecule has 1 atom stereocenters. The summed E-state index contributed by atoms with van der Waals surface area (Å²) in [5, 5.41) is 1.24. The number of carbonyl (C=O) groups is 1. The van der Waals surface area contributed by atoms with Crippen LogP contribution in [0.4, 0.5) is 0 Å². The summed E-state index contributed by atoms with van der Waals surface area (Å²) >= 11 is 0. The molecule has 1 saturated heterocycles. The van der Waals surface area contributed by atoms with Gasteiger partial charge in [0.2, 0.25) is 10.0 Å². The Labute approximate surface area is 159 Å². The van der Waals surface area contributed by atoms with E-state index in [1.165, 1.54) is 9.71 Å². The number of benzene rings is 2. The first-order valence-electron chi connectivity index (χ1n) is 8.97. The number of ether oxygens (including phenoxy) is 1. The van der Waals surface area contributed by atoms with E-state index in [1.54, 1.807) is 18.2 Å². The Balaban J connectivity index is 1.60. The second kappa shape index (κ2) is 6.62. The number of piperidine rings is 1. The standard InChI is InChI=1S/C21H21NO4S/c1-16-7-9-17(10-8-16)11-14-27(24,25)22-13-4-12-21(15-22)19-6-3-2-5-18(19)20(23)26-21/h2-3,5-11,14H,4,12-13,15H2,1H3/b14-11+. The lowest BCUT2D eigenvalue weighted by Crippen LogP contribution is -2.48. The predicted molar refractivity (Wildman–Crippen MR) is 103 cm³/mol. The number of nitrogens with zero attached hydrogens (tertiary/aromatic N) is 1. The summed E-state index contributed by atoms with van der Waals surface area (Å²) in [7, 11) is -3.61. The van der Waals surface area contributed by atoms with Gasteiger partial charge in [-0.2, -0.15) is 4.31 Å². The fraction of sp³-hybridized carbons (Fsp3) is 0.286. The Hall–Kier alpha value is -2.44. The van der Waals surface area contributed by atoms with Gasteiger partial charge in [-0.05, 0) is 37.5 Å². The predicted octanol–water partition coefficient (Wildman–Crippen LogP) is 3.46. The molecule has 1 spiro atoms. The van der Waals surface area contributed by atoms with E-state index < -0.39 is 15.6 Å². The Bertz CT molecular complexity index is 1010. The summed E-state index contributed by atoms with van der Waals surface area (Å²) in [6.07, 6.45) is 2.87. The Kier molecular flexibility index (Phi) is 4.40. The average Bonchev–Trinajstić information content (AvgIpc) is 2.93. The van der Waals surface area contributed by atoms with Gasteiger partial charge in [0.1, 0.15) is 0 Å². The molecule has 0 radical (unpaired) electrons. The van der Waals surface area contributed by atoms with Crippen molar-refractivity contribution in [3.63, 3.8) is 0 Å². The largest absolute Gasteiger partial charge is 0.449 e. The zero-order chi connectivity index (χ0) is 19.1. The maximum Gasteiger partial charge on any atom is 0.339 e. The van der Waals surface area contributed by atoms with Crippen LogP contribution in [0.3, 0.4) is 0 Å². The van der Waals surface area contributed by atoms with Crippen LogP contribution in [0, 0.1) is 6.92 Å². The number of hydrogen-bond acceptors (Lipinski definition) is 4. The van der Waals surface area contributed by atoms with Crippen LogP contribution in [0.5, 0.6) is 0 Å². The number of hydrogen-bond donors (Lipinski definition) is 0. The molecule has 27 heavy (non-hydrogen) atoms. The second-order valence-electron chi connectivity index (χ2n) is 7.12. The van der Waals surface area contributed by atoms with Gasteiger partial charge < -0.3 is 4.74 Å². The normalized spacial score (nSPS) is 22.9. The molecule has 4 rings (SSSR count). The highest BCUT2D eigenvalue weighted by Crippen LogP contribution is 2.43. The maximum atomic E-state index is 12.9. The first kappa shape index (κ1) is 17.9. The highest BCUT2D eigenvalue weighted by Gasteiger charge is 2.49. The molecule has 0 bridgehead atoms. The van der Waals surface area contributed by atoms with Crippen molar-refractivity contribution in [1.82, 2.24) is 4.31 Å². The van der Waals surface area contributed by atoms with E-state index in [0.717, 1.165) is 16.7 Å². The zero-order valence-electron chi connectivity index (χ0n) is 15.1. The number of sulfonamides is 1. The molecule has 2 aliphatic heterocycles. The topological polar surface area (TPSA) is 63.7 Å². The van der Waals surface area contributed by atoms with Crippen LogP contribution in [0.15, 0.2) is 53.9 Å². The zero-order valence-corrected chi connectivity index (χ0v) is 15.9. The molecular weight excluding hydrogens is 362 g/mol. The van der Waals surface area contributed by atoms with Gasteiger partial charge in [0.15, 0.2) is 5.60 Å². The van der Waals surface area contributed by atoms with Gasteiger partial charge in [0.05, 0.1) is 12.1 Å². The quantitative estimate of drug-likeness (QED) is 0.762. The summed E-state index contributed by atoms with van der Waals surface area (Å²) in [6, 6.07) is 14.9. The van der Waals surface area contributed by atoms with Crippen LogP contribution in [-0.4, -0.2) is 31.8 Å². The fourth-order valence-electron chi connectivity index (χ4n) is 3.78. The van der Waals surface area contributed by atoms with Crippen LogP contribution >= 0.6 is 0 Å². The Morgan fingerprint density at radius 2 is 1.85 bits per heavy atom. The third kappa shape index (κ3) is 3.31. The third-order valence-electron chi connectivity index (χ3n) is 5.22. The molecule has 140 valence electrons. The average molecular weight is 383 g/mol. The van der Waals surface area contributed by atoms with Crippen LogP contribution in [0.1, 0.15) is 39.9 Å². The van der Waals surface area contributed by atoms with E-state index in [9.17, 15) is 13.2 Å². The van der Waals surface area contributed by atoms with Gasteiger partial charge >= 0.3 is 5.97 Å². The van der Waals surface area contributed by atoms with Crippen LogP contribution in [0.2, 0.25) is 0 Å². The van der Waals surface area contributed by atoms with E-state index in [4.69, 9.17) is 4.74 Å². The van der Waals surface area contributed by atoms with Gasteiger partial charge in [-0.25, -0.2) is 13.2 Å². The van der Waals surface area contributed by atoms with Gasteiger partial charge in [0, 0.05) is 17.5 Å². The summed E-state index contributed by atoms with van der Waals surface area (Å²) < 4.78 is 32.8. The lowest BCUT2D eigenvalue weighted by atomic mass is 9.86.